The second-order valence-electron chi connectivity index (χ2n) is 4.89. The van der Waals surface area contributed by atoms with Crippen molar-refractivity contribution in [3.05, 3.63) is 47.7 Å². The maximum absolute atomic E-state index is 10.1. The predicted molar refractivity (Wildman–Crippen MR) is 109 cm³/mol. The summed E-state index contributed by atoms with van der Waals surface area (Å²) in [4.78, 5) is 4.31. The van der Waals surface area contributed by atoms with Gasteiger partial charge >= 0.3 is 0 Å². The third-order valence-corrected chi connectivity index (χ3v) is 4.52. The second-order valence-corrected chi connectivity index (χ2v) is 7.29. The number of aromatic nitrogens is 1. The Morgan fingerprint density at radius 1 is 1.42 bits per heavy atom. The number of pyridine rings is 1. The molecule has 0 amide bonds. The Kier molecular flexibility index (Phi) is 6.76. The van der Waals surface area contributed by atoms with Crippen molar-refractivity contribution in [3.8, 4) is 11.8 Å². The molecule has 124 valence electrons. The third-order valence-electron chi connectivity index (χ3n) is 3.07. The predicted octanol–water partition coefficient (Wildman–Crippen LogP) is 3.77. The zero-order valence-corrected chi connectivity index (χ0v) is 17.3. The van der Waals surface area contributed by atoms with Crippen molar-refractivity contribution in [2.45, 2.75) is 13.5 Å². The van der Waals surface area contributed by atoms with Crippen molar-refractivity contribution < 1.29 is 9.84 Å². The molecular formula is C16H14I2N4O2. The monoisotopic (exact) mass is 548 g/mol. The number of ether oxygens (including phenoxy) is 1. The minimum Gasteiger partial charge on any atom is -0.506 e. The molecule has 2 N–H and O–H groups in total. The van der Waals surface area contributed by atoms with Crippen molar-refractivity contribution in [2.24, 2.45) is 5.10 Å². The smallest absolute Gasteiger partial charge is 0.164 e. The number of phenols is 1. The highest BCUT2D eigenvalue weighted by Gasteiger charge is 2.11. The van der Waals surface area contributed by atoms with Gasteiger partial charge in [0.15, 0.2) is 5.82 Å². The fourth-order valence-electron chi connectivity index (χ4n) is 2.06. The first-order valence-corrected chi connectivity index (χ1v) is 8.98. The molecule has 0 saturated heterocycles. The number of phenolic OH excluding ortho intramolecular Hbond substituents is 1. The number of halogens is 2. The van der Waals surface area contributed by atoms with Crippen molar-refractivity contribution in [3.63, 3.8) is 0 Å². The summed E-state index contributed by atoms with van der Waals surface area (Å²) in [6, 6.07) is 7.62. The molecule has 1 aromatic carbocycles. The average Bonchev–Trinajstić information content (AvgIpc) is 2.52. The number of hydrogen-bond donors (Lipinski definition) is 2. The molecule has 0 bridgehead atoms. The summed E-state index contributed by atoms with van der Waals surface area (Å²) in [5.41, 5.74) is 5.26. The van der Waals surface area contributed by atoms with Crippen LogP contribution in [0.1, 0.15) is 22.4 Å². The SMILES string of the molecule is COCc1cc(C)nc(N/N=C\c2cc(I)cc(I)c2O)c1C#N. The molecule has 0 radical (unpaired) electrons. The van der Waals surface area contributed by atoms with Crippen LogP contribution in [0.3, 0.4) is 0 Å². The molecule has 0 atom stereocenters. The van der Waals surface area contributed by atoms with Gasteiger partial charge in [-0.3, -0.25) is 5.43 Å². The highest BCUT2D eigenvalue weighted by molar-refractivity contribution is 14.1. The number of methoxy groups -OCH3 is 1. The van der Waals surface area contributed by atoms with E-state index in [9.17, 15) is 10.4 Å². The molecule has 0 aliphatic heterocycles. The fourth-order valence-corrected chi connectivity index (χ4v) is 3.95. The number of nitrogens with zero attached hydrogens (tertiary/aromatic N) is 3. The summed E-state index contributed by atoms with van der Waals surface area (Å²) in [5.74, 6) is 0.528. The Morgan fingerprint density at radius 3 is 2.83 bits per heavy atom. The summed E-state index contributed by atoms with van der Waals surface area (Å²) >= 11 is 4.23. The first-order chi connectivity index (χ1) is 11.5. The number of nitrogens with one attached hydrogen (secondary N) is 1. The lowest BCUT2D eigenvalue weighted by molar-refractivity contribution is 0.184. The number of nitriles is 1. The minimum absolute atomic E-state index is 0.166. The molecular weight excluding hydrogens is 534 g/mol. The van der Waals surface area contributed by atoms with Crippen LogP contribution >= 0.6 is 45.2 Å². The van der Waals surface area contributed by atoms with Crippen LogP contribution in [0.5, 0.6) is 5.75 Å². The van der Waals surface area contributed by atoms with Crippen LogP contribution in [0.15, 0.2) is 23.3 Å². The Balaban J connectivity index is 2.31. The molecule has 0 fully saturated rings. The Bertz CT molecular complexity index is 832. The third kappa shape index (κ3) is 4.55. The van der Waals surface area contributed by atoms with E-state index in [1.54, 1.807) is 7.11 Å². The van der Waals surface area contributed by atoms with Crippen molar-refractivity contribution >= 4 is 57.2 Å². The molecule has 0 spiro atoms. The van der Waals surface area contributed by atoms with Gasteiger partial charge in [-0.1, -0.05) is 0 Å². The molecule has 1 aromatic heterocycles. The van der Waals surface area contributed by atoms with Crippen LogP contribution < -0.4 is 5.43 Å². The average molecular weight is 548 g/mol. The second kappa shape index (κ2) is 8.59. The fraction of sp³-hybridized carbons (Fsp3) is 0.188. The van der Waals surface area contributed by atoms with Crippen LogP contribution in [-0.2, 0) is 11.3 Å². The van der Waals surface area contributed by atoms with Gasteiger partial charge in [-0.05, 0) is 70.3 Å². The topological polar surface area (TPSA) is 90.5 Å². The zero-order valence-electron chi connectivity index (χ0n) is 13.0. The first-order valence-electron chi connectivity index (χ1n) is 6.83. The van der Waals surface area contributed by atoms with E-state index >= 15 is 0 Å². The molecule has 0 unspecified atom stereocenters. The number of benzene rings is 1. The molecule has 0 aliphatic carbocycles. The molecule has 8 heteroatoms. The molecule has 0 aliphatic rings. The van der Waals surface area contributed by atoms with Gasteiger partial charge in [0.2, 0.25) is 0 Å². The highest BCUT2D eigenvalue weighted by atomic mass is 127. The summed E-state index contributed by atoms with van der Waals surface area (Å²) < 4.78 is 6.85. The summed E-state index contributed by atoms with van der Waals surface area (Å²) in [5, 5.41) is 23.5. The summed E-state index contributed by atoms with van der Waals surface area (Å²) in [6.07, 6.45) is 1.50. The largest absolute Gasteiger partial charge is 0.506 e. The quantitative estimate of drug-likeness (QED) is 0.338. The normalized spacial score (nSPS) is 10.8. The molecule has 0 saturated carbocycles. The number of hydrazone groups is 1. The van der Waals surface area contributed by atoms with Gasteiger partial charge in [-0.2, -0.15) is 10.4 Å². The standard InChI is InChI=1S/C16H14I2N4O2/c1-9-3-11(8-24-2)13(6-19)16(21-9)22-20-7-10-4-12(17)5-14(18)15(10)23/h3-5,7,23H,8H2,1-2H3,(H,21,22)/b20-7-. The van der Waals surface area contributed by atoms with Gasteiger partial charge < -0.3 is 9.84 Å². The van der Waals surface area contributed by atoms with Crippen molar-refractivity contribution in [1.82, 2.24) is 4.98 Å². The van der Waals surface area contributed by atoms with Crippen LogP contribution in [0.2, 0.25) is 0 Å². The maximum atomic E-state index is 10.1. The van der Waals surface area contributed by atoms with E-state index in [1.807, 2.05) is 25.1 Å². The Morgan fingerprint density at radius 2 is 2.17 bits per heavy atom. The van der Waals surface area contributed by atoms with Crippen LogP contribution in [0.4, 0.5) is 5.82 Å². The van der Waals surface area contributed by atoms with E-state index in [4.69, 9.17) is 4.74 Å². The lowest BCUT2D eigenvalue weighted by Crippen LogP contribution is -2.03. The number of rotatable bonds is 5. The maximum Gasteiger partial charge on any atom is 0.164 e. The van der Waals surface area contributed by atoms with Gasteiger partial charge in [-0.15, -0.1) is 0 Å². The van der Waals surface area contributed by atoms with Crippen LogP contribution in [-0.4, -0.2) is 23.4 Å². The number of anilines is 1. The van der Waals surface area contributed by atoms with E-state index in [0.29, 0.717) is 23.6 Å². The molecule has 6 nitrogen and oxygen atoms in total. The van der Waals surface area contributed by atoms with Crippen LogP contribution in [0.25, 0.3) is 0 Å². The zero-order chi connectivity index (χ0) is 17.7. The van der Waals surface area contributed by atoms with E-state index < -0.39 is 0 Å². The van der Waals surface area contributed by atoms with Gasteiger partial charge in [0.05, 0.1) is 16.4 Å². The van der Waals surface area contributed by atoms with E-state index in [2.05, 4.69) is 66.8 Å². The molecule has 2 aromatic rings. The van der Waals surface area contributed by atoms with Gasteiger partial charge in [0.1, 0.15) is 17.4 Å². The number of hydrogen-bond acceptors (Lipinski definition) is 6. The number of aromatic hydroxyl groups is 1. The number of aryl methyl sites for hydroxylation is 1. The lowest BCUT2D eigenvalue weighted by Gasteiger charge is -2.09. The van der Waals surface area contributed by atoms with E-state index in [-0.39, 0.29) is 5.75 Å². The van der Waals surface area contributed by atoms with Gasteiger partial charge in [0, 0.05) is 27.5 Å². The molecule has 1 heterocycles. The van der Waals surface area contributed by atoms with Gasteiger partial charge in [-0.25, -0.2) is 4.98 Å². The highest BCUT2D eigenvalue weighted by Crippen LogP contribution is 2.26. The first kappa shape index (κ1) is 18.9. The Hall–Kier alpha value is -1.45. The molecule has 24 heavy (non-hydrogen) atoms. The Labute approximate surface area is 167 Å². The van der Waals surface area contributed by atoms with Gasteiger partial charge in [0.25, 0.3) is 0 Å². The van der Waals surface area contributed by atoms with E-state index in [1.165, 1.54) is 6.21 Å². The minimum atomic E-state index is 0.166. The van der Waals surface area contributed by atoms with Crippen LogP contribution in [0, 0.1) is 25.4 Å². The van der Waals surface area contributed by atoms with E-state index in [0.717, 1.165) is 18.4 Å². The molecule has 2 rings (SSSR count). The summed E-state index contributed by atoms with van der Waals surface area (Å²) in [6.45, 7) is 2.16. The lowest BCUT2D eigenvalue weighted by atomic mass is 10.1. The summed E-state index contributed by atoms with van der Waals surface area (Å²) in [7, 11) is 1.57. The van der Waals surface area contributed by atoms with Crippen molar-refractivity contribution in [1.29, 1.82) is 5.26 Å². The van der Waals surface area contributed by atoms with Crippen molar-refractivity contribution in [2.75, 3.05) is 12.5 Å².